The van der Waals surface area contributed by atoms with Crippen molar-refractivity contribution >= 4 is 0 Å². The number of pyridine rings is 1. The third-order valence-corrected chi connectivity index (χ3v) is 2.67. The molecule has 1 unspecified atom stereocenters. The van der Waals surface area contributed by atoms with Gasteiger partial charge >= 0.3 is 0 Å². The SMILES string of the molecule is NCCN1CCOC(c2ccncc2)C1. The van der Waals surface area contributed by atoms with Crippen LogP contribution < -0.4 is 5.73 Å². The molecule has 0 bridgehead atoms. The second kappa shape index (κ2) is 5.21. The first kappa shape index (κ1) is 10.5. The first-order valence-corrected chi connectivity index (χ1v) is 5.34. The van der Waals surface area contributed by atoms with Crippen molar-refractivity contribution in [3.05, 3.63) is 30.1 Å². The van der Waals surface area contributed by atoms with Crippen LogP contribution in [0.15, 0.2) is 24.5 Å². The van der Waals surface area contributed by atoms with Crippen molar-refractivity contribution in [3.63, 3.8) is 0 Å². The van der Waals surface area contributed by atoms with Crippen LogP contribution in [0.5, 0.6) is 0 Å². The maximum absolute atomic E-state index is 5.73. The van der Waals surface area contributed by atoms with Gasteiger partial charge in [-0.05, 0) is 17.7 Å². The van der Waals surface area contributed by atoms with Crippen molar-refractivity contribution in [3.8, 4) is 0 Å². The standard InChI is InChI=1S/C11H17N3O/c12-3-6-14-7-8-15-11(9-14)10-1-4-13-5-2-10/h1-2,4-5,11H,3,6-9,12H2. The lowest BCUT2D eigenvalue weighted by molar-refractivity contribution is -0.0289. The topological polar surface area (TPSA) is 51.4 Å². The predicted molar refractivity (Wildman–Crippen MR) is 58.4 cm³/mol. The summed E-state index contributed by atoms with van der Waals surface area (Å²) in [5.41, 5.74) is 6.75. The Bertz CT molecular complexity index is 289. The normalized spacial score (nSPS) is 22.9. The summed E-state index contributed by atoms with van der Waals surface area (Å²) in [5.74, 6) is 0. The Morgan fingerprint density at radius 3 is 3.00 bits per heavy atom. The van der Waals surface area contributed by atoms with Gasteiger partial charge in [-0.3, -0.25) is 9.88 Å². The third-order valence-electron chi connectivity index (χ3n) is 2.67. The Morgan fingerprint density at radius 1 is 1.47 bits per heavy atom. The van der Waals surface area contributed by atoms with Crippen LogP contribution in [0.3, 0.4) is 0 Å². The molecule has 1 aliphatic heterocycles. The van der Waals surface area contributed by atoms with E-state index in [1.54, 1.807) is 12.4 Å². The highest BCUT2D eigenvalue weighted by atomic mass is 16.5. The fourth-order valence-electron chi connectivity index (χ4n) is 1.87. The Morgan fingerprint density at radius 2 is 2.27 bits per heavy atom. The highest BCUT2D eigenvalue weighted by Gasteiger charge is 2.20. The van der Waals surface area contributed by atoms with E-state index in [9.17, 15) is 0 Å². The van der Waals surface area contributed by atoms with Gasteiger partial charge in [0.25, 0.3) is 0 Å². The first-order chi connectivity index (χ1) is 7.40. The Kier molecular flexibility index (Phi) is 3.66. The number of ether oxygens (including phenoxy) is 1. The molecule has 0 aromatic carbocycles. The van der Waals surface area contributed by atoms with Crippen molar-refractivity contribution in [2.75, 3.05) is 32.8 Å². The van der Waals surface area contributed by atoms with E-state index in [1.165, 1.54) is 5.56 Å². The molecule has 0 saturated carbocycles. The van der Waals surface area contributed by atoms with Gasteiger partial charge in [-0.2, -0.15) is 0 Å². The number of morpholine rings is 1. The zero-order valence-corrected chi connectivity index (χ0v) is 8.80. The summed E-state index contributed by atoms with van der Waals surface area (Å²) in [6, 6.07) is 4.02. The molecular formula is C11H17N3O. The quantitative estimate of drug-likeness (QED) is 0.780. The van der Waals surface area contributed by atoms with E-state index in [1.807, 2.05) is 12.1 Å². The van der Waals surface area contributed by atoms with Crippen molar-refractivity contribution in [1.82, 2.24) is 9.88 Å². The molecule has 0 amide bonds. The lowest BCUT2D eigenvalue weighted by atomic mass is 10.1. The smallest absolute Gasteiger partial charge is 0.0953 e. The molecule has 2 heterocycles. The molecule has 0 spiro atoms. The maximum Gasteiger partial charge on any atom is 0.0953 e. The third kappa shape index (κ3) is 2.75. The molecule has 15 heavy (non-hydrogen) atoms. The van der Waals surface area contributed by atoms with Gasteiger partial charge in [-0.15, -0.1) is 0 Å². The van der Waals surface area contributed by atoms with E-state index in [4.69, 9.17) is 10.5 Å². The molecule has 1 fully saturated rings. The molecule has 82 valence electrons. The molecular weight excluding hydrogens is 190 g/mol. The summed E-state index contributed by atoms with van der Waals surface area (Å²) in [6.07, 6.45) is 3.79. The van der Waals surface area contributed by atoms with Crippen LogP contribution in [0.1, 0.15) is 11.7 Å². The average molecular weight is 207 g/mol. The van der Waals surface area contributed by atoms with Gasteiger partial charge in [-0.25, -0.2) is 0 Å². The largest absolute Gasteiger partial charge is 0.371 e. The van der Waals surface area contributed by atoms with Crippen LogP contribution in [0, 0.1) is 0 Å². The van der Waals surface area contributed by atoms with Crippen LogP contribution >= 0.6 is 0 Å². The van der Waals surface area contributed by atoms with E-state index in [0.29, 0.717) is 6.54 Å². The van der Waals surface area contributed by atoms with Crippen molar-refractivity contribution < 1.29 is 4.74 Å². The van der Waals surface area contributed by atoms with Gasteiger partial charge < -0.3 is 10.5 Å². The van der Waals surface area contributed by atoms with Crippen LogP contribution in [-0.2, 0) is 4.74 Å². The van der Waals surface area contributed by atoms with E-state index in [-0.39, 0.29) is 6.10 Å². The Labute approximate surface area is 90.0 Å². The van der Waals surface area contributed by atoms with Gasteiger partial charge in [0.15, 0.2) is 0 Å². The zero-order chi connectivity index (χ0) is 10.5. The molecule has 2 rings (SSSR count). The van der Waals surface area contributed by atoms with Crippen molar-refractivity contribution in [2.24, 2.45) is 5.73 Å². The Balaban J connectivity index is 1.98. The van der Waals surface area contributed by atoms with Gasteiger partial charge in [0.05, 0.1) is 12.7 Å². The minimum Gasteiger partial charge on any atom is -0.371 e. The highest BCUT2D eigenvalue weighted by Crippen LogP contribution is 2.20. The summed E-state index contributed by atoms with van der Waals surface area (Å²) in [5, 5.41) is 0. The fourth-order valence-corrected chi connectivity index (χ4v) is 1.87. The molecule has 1 atom stereocenters. The molecule has 1 aliphatic rings. The van der Waals surface area contributed by atoms with E-state index in [2.05, 4.69) is 9.88 Å². The van der Waals surface area contributed by atoms with E-state index in [0.717, 1.165) is 26.2 Å². The second-order valence-electron chi connectivity index (χ2n) is 3.73. The second-order valence-corrected chi connectivity index (χ2v) is 3.73. The number of hydrogen-bond acceptors (Lipinski definition) is 4. The van der Waals surface area contributed by atoms with Gasteiger partial charge in [-0.1, -0.05) is 0 Å². The average Bonchev–Trinajstić information content (AvgIpc) is 2.31. The molecule has 2 N–H and O–H groups in total. The summed E-state index contributed by atoms with van der Waals surface area (Å²) in [4.78, 5) is 6.35. The lowest BCUT2D eigenvalue weighted by Crippen LogP contribution is -2.40. The van der Waals surface area contributed by atoms with Crippen LogP contribution in [-0.4, -0.2) is 42.7 Å². The maximum atomic E-state index is 5.73. The number of hydrogen-bond donors (Lipinski definition) is 1. The summed E-state index contributed by atoms with van der Waals surface area (Å²) in [7, 11) is 0. The lowest BCUT2D eigenvalue weighted by Gasteiger charge is -2.32. The van der Waals surface area contributed by atoms with Crippen LogP contribution in [0.4, 0.5) is 0 Å². The summed E-state index contributed by atoms with van der Waals surface area (Å²) in [6.45, 7) is 4.36. The zero-order valence-electron chi connectivity index (χ0n) is 8.80. The Hall–Kier alpha value is -0.970. The molecule has 0 aliphatic carbocycles. The van der Waals surface area contributed by atoms with E-state index >= 15 is 0 Å². The highest BCUT2D eigenvalue weighted by molar-refractivity contribution is 5.14. The van der Waals surface area contributed by atoms with Gasteiger partial charge in [0.2, 0.25) is 0 Å². The predicted octanol–water partition coefficient (Wildman–Crippen LogP) is 0.414. The van der Waals surface area contributed by atoms with Gasteiger partial charge in [0, 0.05) is 38.6 Å². The minimum atomic E-state index is 0.174. The monoisotopic (exact) mass is 207 g/mol. The molecule has 0 radical (unpaired) electrons. The molecule has 1 aromatic rings. The van der Waals surface area contributed by atoms with Crippen LogP contribution in [0.25, 0.3) is 0 Å². The van der Waals surface area contributed by atoms with E-state index < -0.39 is 0 Å². The van der Waals surface area contributed by atoms with Crippen LogP contribution in [0.2, 0.25) is 0 Å². The van der Waals surface area contributed by atoms with Crippen molar-refractivity contribution in [1.29, 1.82) is 0 Å². The number of nitrogens with zero attached hydrogens (tertiary/aromatic N) is 2. The fraction of sp³-hybridized carbons (Fsp3) is 0.545. The first-order valence-electron chi connectivity index (χ1n) is 5.34. The molecule has 1 saturated heterocycles. The number of aromatic nitrogens is 1. The number of nitrogens with two attached hydrogens (primary N) is 1. The molecule has 4 heteroatoms. The van der Waals surface area contributed by atoms with Gasteiger partial charge in [0.1, 0.15) is 0 Å². The molecule has 1 aromatic heterocycles. The summed E-state index contributed by atoms with van der Waals surface area (Å²) >= 11 is 0. The summed E-state index contributed by atoms with van der Waals surface area (Å²) < 4.78 is 5.73. The minimum absolute atomic E-state index is 0.174. The molecule has 4 nitrogen and oxygen atoms in total. The van der Waals surface area contributed by atoms with Crippen molar-refractivity contribution in [2.45, 2.75) is 6.10 Å². The number of rotatable bonds is 3.